The van der Waals surface area contributed by atoms with Gasteiger partial charge in [0.25, 0.3) is 0 Å². The lowest BCUT2D eigenvalue weighted by molar-refractivity contribution is 0.199. The van der Waals surface area contributed by atoms with Gasteiger partial charge in [-0.1, -0.05) is 15.9 Å². The predicted octanol–water partition coefficient (Wildman–Crippen LogP) is 3.85. The van der Waals surface area contributed by atoms with Crippen LogP contribution < -0.4 is 9.47 Å². The van der Waals surface area contributed by atoms with Crippen LogP contribution in [0.3, 0.4) is 0 Å². The molecule has 3 nitrogen and oxygen atoms in total. The van der Waals surface area contributed by atoms with Crippen LogP contribution in [-0.4, -0.2) is 13.2 Å². The Morgan fingerprint density at radius 1 is 1.39 bits per heavy atom. The second kappa shape index (κ2) is 6.10. The molecule has 0 aromatic heterocycles. The molecule has 1 aliphatic carbocycles. The van der Waals surface area contributed by atoms with Gasteiger partial charge in [-0.15, -0.1) is 0 Å². The maximum absolute atomic E-state index is 8.93. The summed E-state index contributed by atoms with van der Waals surface area (Å²) in [5.41, 5.74) is 0.878. The molecule has 1 saturated carbocycles. The lowest BCUT2D eigenvalue weighted by Crippen LogP contribution is -2.13. The van der Waals surface area contributed by atoms with Gasteiger partial charge in [0.2, 0.25) is 0 Å². The Hall–Kier alpha value is -1.21. The van der Waals surface area contributed by atoms with Gasteiger partial charge in [0, 0.05) is 10.0 Å². The third kappa shape index (κ3) is 2.78. The molecule has 0 amide bonds. The molecule has 0 N–H and O–H groups in total. The van der Waals surface area contributed by atoms with Crippen LogP contribution in [0.5, 0.6) is 11.5 Å². The molecule has 0 saturated heterocycles. The van der Waals surface area contributed by atoms with Crippen LogP contribution in [0.25, 0.3) is 0 Å². The van der Waals surface area contributed by atoms with Gasteiger partial charge in [-0.2, -0.15) is 5.26 Å². The van der Waals surface area contributed by atoms with E-state index >= 15 is 0 Å². The summed E-state index contributed by atoms with van der Waals surface area (Å²) in [6, 6.07) is 5.94. The van der Waals surface area contributed by atoms with E-state index in [1.807, 2.05) is 12.1 Å². The van der Waals surface area contributed by atoms with Gasteiger partial charge in [-0.3, -0.25) is 0 Å². The summed E-state index contributed by atoms with van der Waals surface area (Å²) in [4.78, 5) is 0. The monoisotopic (exact) mass is 309 g/mol. The number of hydrogen-bond acceptors (Lipinski definition) is 3. The van der Waals surface area contributed by atoms with Gasteiger partial charge in [0.1, 0.15) is 0 Å². The topological polar surface area (TPSA) is 42.2 Å². The molecule has 0 bridgehead atoms. The first kappa shape index (κ1) is 13.2. The number of nitriles is 1. The van der Waals surface area contributed by atoms with E-state index in [4.69, 9.17) is 14.7 Å². The number of ether oxygens (including phenoxy) is 2. The van der Waals surface area contributed by atoms with Crippen LogP contribution in [0, 0.1) is 11.3 Å². The van der Waals surface area contributed by atoms with E-state index in [2.05, 4.69) is 22.0 Å². The highest BCUT2D eigenvalue weighted by Gasteiger charge is 2.21. The molecular weight excluding hydrogens is 294 g/mol. The minimum absolute atomic E-state index is 0.255. The molecule has 0 aliphatic heterocycles. The summed E-state index contributed by atoms with van der Waals surface area (Å²) >= 11 is 3.47. The Bertz CT molecular complexity index is 462. The first-order chi connectivity index (χ1) is 8.76. The third-order valence-corrected chi connectivity index (χ3v) is 3.97. The van der Waals surface area contributed by atoms with Crippen LogP contribution in [-0.2, 0) is 6.42 Å². The number of nitrogens with zero attached hydrogens (tertiary/aromatic N) is 1. The summed E-state index contributed by atoms with van der Waals surface area (Å²) in [6.45, 7) is 0. The highest BCUT2D eigenvalue weighted by Crippen LogP contribution is 2.38. The van der Waals surface area contributed by atoms with Crippen LogP contribution >= 0.6 is 15.9 Å². The second-order valence-electron chi connectivity index (χ2n) is 4.42. The van der Waals surface area contributed by atoms with Crippen LogP contribution in [0.1, 0.15) is 31.2 Å². The van der Waals surface area contributed by atoms with Gasteiger partial charge in [-0.05, 0) is 37.8 Å². The zero-order chi connectivity index (χ0) is 13.0. The largest absolute Gasteiger partial charge is 0.493 e. The molecule has 1 aromatic rings. The SMILES string of the molecule is COc1ccc(Br)c(CC#N)c1OC1CCCC1. The molecule has 0 heterocycles. The average Bonchev–Trinajstić information content (AvgIpc) is 2.87. The lowest BCUT2D eigenvalue weighted by atomic mass is 10.1. The molecule has 0 spiro atoms. The van der Waals surface area contributed by atoms with Gasteiger partial charge in [0.15, 0.2) is 11.5 Å². The van der Waals surface area contributed by atoms with E-state index in [0.29, 0.717) is 12.2 Å². The van der Waals surface area contributed by atoms with Gasteiger partial charge < -0.3 is 9.47 Å². The Balaban J connectivity index is 2.33. The van der Waals surface area contributed by atoms with E-state index in [-0.39, 0.29) is 6.10 Å². The maximum Gasteiger partial charge on any atom is 0.166 e. The van der Waals surface area contributed by atoms with E-state index < -0.39 is 0 Å². The van der Waals surface area contributed by atoms with E-state index in [1.54, 1.807) is 7.11 Å². The van der Waals surface area contributed by atoms with Crippen molar-refractivity contribution in [2.45, 2.75) is 38.2 Å². The lowest BCUT2D eigenvalue weighted by Gasteiger charge is -2.19. The molecule has 1 aliphatic rings. The zero-order valence-electron chi connectivity index (χ0n) is 10.4. The number of methoxy groups -OCH3 is 1. The highest BCUT2D eigenvalue weighted by molar-refractivity contribution is 9.10. The van der Waals surface area contributed by atoms with Crippen molar-refractivity contribution in [1.82, 2.24) is 0 Å². The van der Waals surface area contributed by atoms with Gasteiger partial charge in [0.05, 0.1) is 25.7 Å². The first-order valence-corrected chi connectivity index (χ1v) is 6.94. The van der Waals surface area contributed by atoms with Crippen molar-refractivity contribution in [3.05, 3.63) is 22.2 Å². The summed E-state index contributed by atoms with van der Waals surface area (Å²) in [5, 5.41) is 8.93. The summed E-state index contributed by atoms with van der Waals surface area (Å²) in [6.07, 6.45) is 5.18. The molecule has 0 radical (unpaired) electrons. The van der Waals surface area contributed by atoms with Gasteiger partial charge in [-0.25, -0.2) is 0 Å². The molecule has 96 valence electrons. The minimum Gasteiger partial charge on any atom is -0.493 e. The van der Waals surface area contributed by atoms with Gasteiger partial charge >= 0.3 is 0 Å². The summed E-state index contributed by atoms with van der Waals surface area (Å²) in [5.74, 6) is 1.43. The molecular formula is C14H16BrNO2. The molecule has 4 heteroatoms. The average molecular weight is 310 g/mol. The van der Waals surface area contributed by atoms with Crippen LogP contribution in [0.2, 0.25) is 0 Å². The van der Waals surface area contributed by atoms with Crippen LogP contribution in [0.15, 0.2) is 16.6 Å². The fourth-order valence-electron chi connectivity index (χ4n) is 2.29. The number of hydrogen-bond donors (Lipinski definition) is 0. The van der Waals surface area contributed by atoms with Crippen molar-refractivity contribution in [1.29, 1.82) is 5.26 Å². The van der Waals surface area contributed by atoms with E-state index in [0.717, 1.165) is 28.6 Å². The molecule has 0 unspecified atom stereocenters. The molecule has 1 aromatic carbocycles. The summed E-state index contributed by atoms with van der Waals surface area (Å²) < 4.78 is 12.3. The Kier molecular flexibility index (Phi) is 4.48. The van der Waals surface area contributed by atoms with Crippen molar-refractivity contribution in [2.24, 2.45) is 0 Å². The number of benzene rings is 1. The molecule has 2 rings (SSSR count). The molecule has 18 heavy (non-hydrogen) atoms. The predicted molar refractivity (Wildman–Crippen MR) is 72.9 cm³/mol. The van der Waals surface area contributed by atoms with Crippen molar-refractivity contribution in [3.8, 4) is 17.6 Å². The van der Waals surface area contributed by atoms with E-state index in [9.17, 15) is 0 Å². The third-order valence-electron chi connectivity index (χ3n) is 3.23. The standard InChI is InChI=1S/C14H16BrNO2/c1-17-13-7-6-12(15)11(8-9-16)14(13)18-10-4-2-3-5-10/h6-7,10H,2-5,8H2,1H3. The van der Waals surface area contributed by atoms with Crippen molar-refractivity contribution >= 4 is 15.9 Å². The number of halogens is 1. The highest BCUT2D eigenvalue weighted by atomic mass is 79.9. The summed E-state index contributed by atoms with van der Waals surface area (Å²) in [7, 11) is 1.63. The second-order valence-corrected chi connectivity index (χ2v) is 5.27. The molecule has 0 atom stereocenters. The fourth-order valence-corrected chi connectivity index (χ4v) is 2.74. The smallest absolute Gasteiger partial charge is 0.166 e. The number of rotatable bonds is 4. The normalized spacial score (nSPS) is 15.4. The maximum atomic E-state index is 8.93. The van der Waals surface area contributed by atoms with Crippen LogP contribution in [0.4, 0.5) is 0 Å². The minimum atomic E-state index is 0.255. The first-order valence-electron chi connectivity index (χ1n) is 6.15. The molecule has 1 fully saturated rings. The van der Waals surface area contributed by atoms with Crippen molar-refractivity contribution in [2.75, 3.05) is 7.11 Å². The van der Waals surface area contributed by atoms with Crippen molar-refractivity contribution < 1.29 is 9.47 Å². The van der Waals surface area contributed by atoms with Crippen molar-refractivity contribution in [3.63, 3.8) is 0 Å². The Labute approximate surface area is 116 Å². The van der Waals surface area contributed by atoms with E-state index in [1.165, 1.54) is 12.8 Å². The quantitative estimate of drug-likeness (QED) is 0.848. The zero-order valence-corrected chi connectivity index (χ0v) is 12.0. The Morgan fingerprint density at radius 2 is 2.11 bits per heavy atom. The fraction of sp³-hybridized carbons (Fsp3) is 0.500. The Morgan fingerprint density at radius 3 is 2.72 bits per heavy atom.